The van der Waals surface area contributed by atoms with Crippen LogP contribution in [0.1, 0.15) is 19.9 Å². The number of likely N-dealkylation sites (N-methyl/N-ethyl adjacent to an activating group) is 1. The van der Waals surface area contributed by atoms with Gasteiger partial charge in [-0.3, -0.25) is 14.5 Å². The number of H-pyrrole nitrogens is 2. The van der Waals surface area contributed by atoms with E-state index in [0.717, 1.165) is 0 Å². The van der Waals surface area contributed by atoms with E-state index in [1.54, 1.807) is 6.92 Å². The number of carbonyl (C=O) groups is 1. The van der Waals surface area contributed by atoms with E-state index in [4.69, 9.17) is 12.2 Å². The van der Waals surface area contributed by atoms with Crippen molar-refractivity contribution in [2.45, 2.75) is 19.9 Å². The number of nitrogens with one attached hydrogen (secondary N) is 3. The molecule has 0 aliphatic heterocycles. The second-order valence-electron chi connectivity index (χ2n) is 2.80. The van der Waals surface area contributed by atoms with Gasteiger partial charge in [-0.1, -0.05) is 0 Å². The summed E-state index contributed by atoms with van der Waals surface area (Å²) >= 11 is 4.85. The number of hydrogen-bond donors (Lipinski definition) is 3. The maximum Gasteiger partial charge on any atom is 0.343 e. The first-order chi connectivity index (χ1) is 6.57. The number of carbonyl (C=O) groups excluding carboxylic acids is 1. The Morgan fingerprint density at radius 1 is 1.64 bits per heavy atom. The molecule has 1 amide bonds. The summed E-state index contributed by atoms with van der Waals surface area (Å²) in [6.07, 6.45) is 0. The highest BCUT2D eigenvalue weighted by Crippen LogP contribution is 2.01. The zero-order valence-electron chi connectivity index (χ0n) is 7.96. The van der Waals surface area contributed by atoms with Crippen LogP contribution < -0.4 is 11.0 Å². The fraction of sp³-hybridized carbons (Fsp3) is 0.571. The van der Waals surface area contributed by atoms with Crippen LogP contribution in [0.4, 0.5) is 0 Å². The van der Waals surface area contributed by atoms with Gasteiger partial charge in [0.1, 0.15) is 6.04 Å². The third-order valence-corrected chi connectivity index (χ3v) is 2.13. The van der Waals surface area contributed by atoms with Gasteiger partial charge in [0.15, 0.2) is 4.77 Å². The summed E-state index contributed by atoms with van der Waals surface area (Å²) in [4.78, 5) is 22.6. The van der Waals surface area contributed by atoms with Crippen molar-refractivity contribution in [1.29, 1.82) is 0 Å². The fourth-order valence-electron chi connectivity index (χ4n) is 1.11. The lowest BCUT2D eigenvalue weighted by molar-refractivity contribution is -0.123. The molecule has 1 rings (SSSR count). The fourth-order valence-corrected chi connectivity index (χ4v) is 1.40. The van der Waals surface area contributed by atoms with Crippen LogP contribution >= 0.6 is 12.2 Å². The zero-order valence-corrected chi connectivity index (χ0v) is 8.77. The van der Waals surface area contributed by atoms with Crippen molar-refractivity contribution in [3.8, 4) is 0 Å². The molecule has 1 aromatic heterocycles. The lowest BCUT2D eigenvalue weighted by atomic mass is 10.3. The summed E-state index contributed by atoms with van der Waals surface area (Å²) in [5, 5.41) is 7.40. The van der Waals surface area contributed by atoms with Crippen LogP contribution in [0.3, 0.4) is 0 Å². The lowest BCUT2D eigenvalue weighted by Gasteiger charge is -2.10. The monoisotopic (exact) mass is 216 g/mol. The predicted molar refractivity (Wildman–Crippen MR) is 53.6 cm³/mol. The highest BCUT2D eigenvalue weighted by molar-refractivity contribution is 7.71. The van der Waals surface area contributed by atoms with Crippen LogP contribution in [0.2, 0.25) is 0 Å². The molecule has 0 aliphatic rings. The first kappa shape index (κ1) is 10.7. The maximum atomic E-state index is 11.4. The van der Waals surface area contributed by atoms with Gasteiger partial charge in [0.2, 0.25) is 5.91 Å². The lowest BCUT2D eigenvalue weighted by Crippen LogP contribution is -2.34. The van der Waals surface area contributed by atoms with Crippen molar-refractivity contribution in [2.24, 2.45) is 0 Å². The number of aromatic nitrogens is 3. The summed E-state index contributed by atoms with van der Waals surface area (Å²) in [7, 11) is 0. The van der Waals surface area contributed by atoms with Gasteiger partial charge in [0.05, 0.1) is 0 Å². The standard InChI is InChI=1S/C7H12N4O2S/c1-3-8-5(12)4(2)11-6(13)9-10-7(11)14/h4H,3H2,1-2H3,(H,8,12)(H,9,13)(H,10,14). The van der Waals surface area contributed by atoms with Crippen molar-refractivity contribution in [2.75, 3.05) is 6.54 Å². The zero-order chi connectivity index (χ0) is 10.7. The Balaban J connectivity index is 3.00. The molecule has 7 heteroatoms. The summed E-state index contributed by atoms with van der Waals surface area (Å²) < 4.78 is 1.41. The van der Waals surface area contributed by atoms with Gasteiger partial charge in [0.25, 0.3) is 0 Å². The quantitative estimate of drug-likeness (QED) is 0.618. The molecule has 78 valence electrons. The Bertz CT molecular complexity index is 402. The minimum absolute atomic E-state index is 0.216. The van der Waals surface area contributed by atoms with E-state index in [2.05, 4.69) is 15.5 Å². The molecule has 1 unspecified atom stereocenters. The number of nitrogens with zero attached hydrogens (tertiary/aromatic N) is 1. The smallest absolute Gasteiger partial charge is 0.343 e. The van der Waals surface area contributed by atoms with Gasteiger partial charge >= 0.3 is 5.69 Å². The van der Waals surface area contributed by atoms with Crippen LogP contribution in [0.5, 0.6) is 0 Å². The third kappa shape index (κ3) is 1.92. The summed E-state index contributed by atoms with van der Waals surface area (Å²) in [6, 6.07) is -0.600. The SMILES string of the molecule is CCNC(=O)C(C)n1c(=O)[nH][nH]c1=S. The third-order valence-electron chi connectivity index (χ3n) is 1.83. The van der Waals surface area contributed by atoms with Crippen molar-refractivity contribution in [3.05, 3.63) is 15.3 Å². The Hall–Kier alpha value is -1.37. The van der Waals surface area contributed by atoms with E-state index in [0.29, 0.717) is 6.54 Å². The largest absolute Gasteiger partial charge is 0.355 e. The number of rotatable bonds is 3. The summed E-state index contributed by atoms with van der Waals surface area (Å²) in [5.74, 6) is -0.228. The summed E-state index contributed by atoms with van der Waals surface area (Å²) in [6.45, 7) is 3.95. The van der Waals surface area contributed by atoms with Crippen LogP contribution in [0.25, 0.3) is 0 Å². The minimum atomic E-state index is -0.600. The number of amides is 1. The molecule has 0 bridgehead atoms. The van der Waals surface area contributed by atoms with E-state index < -0.39 is 11.7 Å². The molecule has 3 N–H and O–H groups in total. The van der Waals surface area contributed by atoms with Gasteiger partial charge < -0.3 is 5.32 Å². The predicted octanol–water partition coefficient (Wildman–Crippen LogP) is -0.0689. The van der Waals surface area contributed by atoms with E-state index in [1.165, 1.54) is 4.57 Å². The van der Waals surface area contributed by atoms with E-state index >= 15 is 0 Å². The first-order valence-electron chi connectivity index (χ1n) is 4.24. The van der Waals surface area contributed by atoms with Crippen molar-refractivity contribution in [3.63, 3.8) is 0 Å². The van der Waals surface area contributed by atoms with E-state index in [1.807, 2.05) is 6.92 Å². The van der Waals surface area contributed by atoms with Crippen LogP contribution in [-0.4, -0.2) is 27.2 Å². The van der Waals surface area contributed by atoms with Crippen molar-refractivity contribution < 1.29 is 4.79 Å². The molecular formula is C7H12N4O2S. The average Bonchev–Trinajstić information content (AvgIpc) is 2.46. The molecule has 1 aromatic rings. The average molecular weight is 216 g/mol. The number of hydrogen-bond acceptors (Lipinski definition) is 3. The second-order valence-corrected chi connectivity index (χ2v) is 3.19. The molecular weight excluding hydrogens is 204 g/mol. The molecule has 0 saturated carbocycles. The van der Waals surface area contributed by atoms with Gasteiger partial charge in [0, 0.05) is 6.54 Å². The Morgan fingerprint density at radius 3 is 2.71 bits per heavy atom. The van der Waals surface area contributed by atoms with Crippen LogP contribution in [0, 0.1) is 4.77 Å². The van der Waals surface area contributed by atoms with E-state index in [-0.39, 0.29) is 10.7 Å². The van der Waals surface area contributed by atoms with Gasteiger partial charge in [-0.2, -0.15) is 0 Å². The second kappa shape index (κ2) is 4.23. The number of aromatic amines is 2. The minimum Gasteiger partial charge on any atom is -0.355 e. The molecule has 0 saturated heterocycles. The molecule has 1 heterocycles. The molecule has 0 aliphatic carbocycles. The van der Waals surface area contributed by atoms with Crippen LogP contribution in [-0.2, 0) is 4.79 Å². The molecule has 1 atom stereocenters. The molecule has 14 heavy (non-hydrogen) atoms. The van der Waals surface area contributed by atoms with Gasteiger partial charge in [-0.15, -0.1) is 0 Å². The van der Waals surface area contributed by atoms with E-state index in [9.17, 15) is 9.59 Å². The highest BCUT2D eigenvalue weighted by atomic mass is 32.1. The van der Waals surface area contributed by atoms with Gasteiger partial charge in [-0.05, 0) is 26.1 Å². The molecule has 0 spiro atoms. The van der Waals surface area contributed by atoms with Crippen molar-refractivity contribution in [1.82, 2.24) is 20.1 Å². The Morgan fingerprint density at radius 2 is 2.29 bits per heavy atom. The Labute approximate surface area is 85.3 Å². The summed E-state index contributed by atoms with van der Waals surface area (Å²) in [5.41, 5.74) is -0.409. The van der Waals surface area contributed by atoms with Gasteiger partial charge in [-0.25, -0.2) is 9.89 Å². The van der Waals surface area contributed by atoms with Crippen LogP contribution in [0.15, 0.2) is 4.79 Å². The molecule has 6 nitrogen and oxygen atoms in total. The topological polar surface area (TPSA) is 82.7 Å². The molecule has 0 radical (unpaired) electrons. The first-order valence-corrected chi connectivity index (χ1v) is 4.65. The Kier molecular flexibility index (Phi) is 3.23. The van der Waals surface area contributed by atoms with Crippen molar-refractivity contribution >= 4 is 18.1 Å². The normalized spacial score (nSPS) is 12.4. The molecule has 0 fully saturated rings. The maximum absolute atomic E-state index is 11.4. The molecule has 0 aromatic carbocycles. The highest BCUT2D eigenvalue weighted by Gasteiger charge is 2.16.